The van der Waals surface area contributed by atoms with Crippen molar-refractivity contribution < 1.29 is 4.79 Å². The molecule has 3 rings (SSSR count). The number of hydrogen-bond donors (Lipinski definition) is 0. The maximum atomic E-state index is 12.6. The van der Waals surface area contributed by atoms with Gasteiger partial charge >= 0.3 is 0 Å². The molecule has 5 nitrogen and oxygen atoms in total. The van der Waals surface area contributed by atoms with Crippen molar-refractivity contribution in [3.63, 3.8) is 0 Å². The van der Waals surface area contributed by atoms with Crippen molar-refractivity contribution in [3.8, 4) is 6.07 Å². The van der Waals surface area contributed by atoms with Crippen LogP contribution in [0.3, 0.4) is 0 Å². The summed E-state index contributed by atoms with van der Waals surface area (Å²) < 4.78 is 2.03. The zero-order valence-electron chi connectivity index (χ0n) is 14.1. The highest BCUT2D eigenvalue weighted by Crippen LogP contribution is 2.46. The average molecular weight is 371 g/mol. The van der Waals surface area contributed by atoms with Gasteiger partial charge in [0.05, 0.1) is 11.4 Å². The molecule has 0 bridgehead atoms. The fraction of sp³-hybridized carbons (Fsp3) is 0.278. The number of para-hydroxylation sites is 1. The highest BCUT2D eigenvalue weighted by atomic mass is 32.2. The average Bonchev–Trinajstić information content (AvgIpc) is 3.19. The number of thioether (sulfide) groups is 2. The van der Waals surface area contributed by atoms with Gasteiger partial charge in [0.15, 0.2) is 10.9 Å². The van der Waals surface area contributed by atoms with Crippen LogP contribution in [0.4, 0.5) is 5.69 Å². The predicted octanol–water partition coefficient (Wildman–Crippen LogP) is 3.93. The molecule has 2 aromatic rings. The Hall–Kier alpha value is -2.17. The number of anilines is 1. The number of nitrogens with zero attached hydrogens (tertiary/aromatic N) is 4. The summed E-state index contributed by atoms with van der Waals surface area (Å²) in [6.45, 7) is 2.97. The second-order valence-electron chi connectivity index (χ2n) is 5.54. The fourth-order valence-corrected chi connectivity index (χ4v) is 4.62. The van der Waals surface area contributed by atoms with Gasteiger partial charge in [0.2, 0.25) is 0 Å². The van der Waals surface area contributed by atoms with Crippen LogP contribution in [-0.4, -0.2) is 28.1 Å². The van der Waals surface area contributed by atoms with E-state index in [-0.39, 0.29) is 17.1 Å². The Morgan fingerprint density at radius 1 is 1.40 bits per heavy atom. The van der Waals surface area contributed by atoms with Crippen LogP contribution in [0.5, 0.6) is 0 Å². The number of aryl methyl sites for hydroxylation is 1. The topological polar surface area (TPSA) is 61.9 Å². The van der Waals surface area contributed by atoms with E-state index in [1.165, 1.54) is 23.5 Å². The lowest BCUT2D eigenvalue weighted by atomic mass is 10.2. The van der Waals surface area contributed by atoms with Crippen LogP contribution in [0, 0.1) is 11.3 Å². The Bertz CT molecular complexity index is 866. The van der Waals surface area contributed by atoms with E-state index < -0.39 is 0 Å². The molecular formula is C18H18N4OS2. The third-order valence-corrected chi connectivity index (χ3v) is 6.06. The molecule has 0 spiro atoms. The molecule has 1 aliphatic heterocycles. The first-order valence-corrected chi connectivity index (χ1v) is 9.78. The van der Waals surface area contributed by atoms with Gasteiger partial charge in [-0.15, -0.1) is 0 Å². The largest absolute Gasteiger partial charge is 0.337 e. The molecule has 0 fully saturated rings. The lowest BCUT2D eigenvalue weighted by molar-refractivity contribution is -0.112. The summed E-state index contributed by atoms with van der Waals surface area (Å²) in [5.41, 5.74) is 1.24. The Morgan fingerprint density at radius 3 is 2.92 bits per heavy atom. The highest BCUT2D eigenvalue weighted by molar-refractivity contribution is 8.03. The normalized spacial score (nSPS) is 15.0. The number of Topliss-reactive ketones (excluding diaryl/α,β-unsaturated/α-hetero) is 1. The predicted molar refractivity (Wildman–Crippen MR) is 102 cm³/mol. The van der Waals surface area contributed by atoms with Crippen molar-refractivity contribution in [2.75, 3.05) is 17.7 Å². The molecule has 0 radical (unpaired) electrons. The molecule has 0 aliphatic carbocycles. The number of aromatic nitrogens is 2. The van der Waals surface area contributed by atoms with Gasteiger partial charge in [0, 0.05) is 30.9 Å². The molecule has 1 aromatic heterocycles. The summed E-state index contributed by atoms with van der Waals surface area (Å²) in [4.78, 5) is 19.9. The summed E-state index contributed by atoms with van der Waals surface area (Å²) in [7, 11) is 1.89. The maximum absolute atomic E-state index is 12.6. The van der Waals surface area contributed by atoms with E-state index in [1.807, 2.05) is 47.0 Å². The molecule has 7 heteroatoms. The summed E-state index contributed by atoms with van der Waals surface area (Å²) in [5.74, 6) is 0.0402. The SMILES string of the molecule is CCCn1ccnc1SCC(=O)/C(C#N)=C1\Sc2ccccc2N1C. The molecule has 128 valence electrons. The Kier molecular flexibility index (Phi) is 5.51. The number of carbonyl (C=O) groups is 1. The Labute approximate surface area is 155 Å². The zero-order valence-corrected chi connectivity index (χ0v) is 15.7. The van der Waals surface area contributed by atoms with Crippen LogP contribution in [-0.2, 0) is 11.3 Å². The van der Waals surface area contributed by atoms with Crippen LogP contribution >= 0.6 is 23.5 Å². The maximum Gasteiger partial charge on any atom is 0.186 e. The smallest absolute Gasteiger partial charge is 0.186 e. The van der Waals surface area contributed by atoms with E-state index in [9.17, 15) is 10.1 Å². The van der Waals surface area contributed by atoms with Crippen LogP contribution in [0.1, 0.15) is 13.3 Å². The molecule has 0 amide bonds. The van der Waals surface area contributed by atoms with Crippen molar-refractivity contribution in [3.05, 3.63) is 47.3 Å². The summed E-state index contributed by atoms with van der Waals surface area (Å²) in [5, 5.41) is 11.1. The number of allylic oxidation sites excluding steroid dienone is 1. The molecule has 0 saturated heterocycles. The van der Waals surface area contributed by atoms with Gasteiger partial charge in [0.25, 0.3) is 0 Å². The molecule has 0 unspecified atom stereocenters. The number of ketones is 1. The minimum atomic E-state index is -0.166. The lowest BCUT2D eigenvalue weighted by Crippen LogP contribution is -2.16. The zero-order chi connectivity index (χ0) is 17.8. The van der Waals surface area contributed by atoms with E-state index in [0.29, 0.717) is 5.03 Å². The first kappa shape index (κ1) is 17.6. The monoisotopic (exact) mass is 370 g/mol. The van der Waals surface area contributed by atoms with E-state index in [1.54, 1.807) is 6.20 Å². The molecule has 1 aromatic carbocycles. The van der Waals surface area contributed by atoms with Gasteiger partial charge < -0.3 is 9.47 Å². The van der Waals surface area contributed by atoms with E-state index in [4.69, 9.17) is 0 Å². The minimum Gasteiger partial charge on any atom is -0.337 e. The van der Waals surface area contributed by atoms with Gasteiger partial charge in [-0.05, 0) is 18.6 Å². The van der Waals surface area contributed by atoms with E-state index >= 15 is 0 Å². The number of imidazole rings is 1. The second-order valence-corrected chi connectivity index (χ2v) is 7.51. The van der Waals surface area contributed by atoms with Gasteiger partial charge in [-0.3, -0.25) is 4.79 Å². The van der Waals surface area contributed by atoms with Crippen molar-refractivity contribution in [2.24, 2.45) is 0 Å². The third kappa shape index (κ3) is 3.60. The molecule has 0 N–H and O–H groups in total. The van der Waals surface area contributed by atoms with Crippen LogP contribution in [0.25, 0.3) is 0 Å². The van der Waals surface area contributed by atoms with Crippen LogP contribution < -0.4 is 4.90 Å². The van der Waals surface area contributed by atoms with Crippen molar-refractivity contribution in [2.45, 2.75) is 29.9 Å². The van der Waals surface area contributed by atoms with Crippen LogP contribution in [0.15, 0.2) is 57.3 Å². The molecular weight excluding hydrogens is 352 g/mol. The van der Waals surface area contributed by atoms with Gasteiger partial charge in [-0.2, -0.15) is 5.26 Å². The van der Waals surface area contributed by atoms with Gasteiger partial charge in [-0.1, -0.05) is 42.6 Å². The Balaban J connectivity index is 1.77. The number of carbonyl (C=O) groups excluding carboxylic acids is 1. The first-order chi connectivity index (χ1) is 12.2. The molecule has 2 heterocycles. The van der Waals surface area contributed by atoms with Gasteiger partial charge in [-0.25, -0.2) is 4.98 Å². The van der Waals surface area contributed by atoms with Crippen LogP contribution in [0.2, 0.25) is 0 Å². The number of rotatable bonds is 6. The minimum absolute atomic E-state index is 0.166. The summed E-state index contributed by atoms with van der Waals surface area (Å²) in [6, 6.07) is 10.0. The molecule has 0 atom stereocenters. The van der Waals surface area contributed by atoms with Gasteiger partial charge in [0.1, 0.15) is 16.7 Å². The summed E-state index contributed by atoms with van der Waals surface area (Å²) >= 11 is 2.85. The third-order valence-electron chi connectivity index (χ3n) is 3.82. The number of benzene rings is 1. The molecule has 25 heavy (non-hydrogen) atoms. The second kappa shape index (κ2) is 7.81. The quantitative estimate of drug-likeness (QED) is 0.436. The Morgan fingerprint density at radius 2 is 2.20 bits per heavy atom. The number of hydrogen-bond acceptors (Lipinski definition) is 6. The van der Waals surface area contributed by atoms with E-state index in [2.05, 4.69) is 18.0 Å². The number of nitriles is 1. The first-order valence-electron chi connectivity index (χ1n) is 7.97. The lowest BCUT2D eigenvalue weighted by Gasteiger charge is -2.14. The van der Waals surface area contributed by atoms with Crippen molar-refractivity contribution >= 4 is 35.0 Å². The standard InChI is InChI=1S/C18H18N4OS2/c1-3-9-22-10-8-20-18(22)24-12-15(23)13(11-19)17-21(2)14-6-4-5-7-16(14)25-17/h4-8,10H,3,9,12H2,1-2H3/b17-13-. The summed E-state index contributed by atoms with van der Waals surface area (Å²) in [6.07, 6.45) is 4.66. The molecule has 0 saturated carbocycles. The fourth-order valence-electron chi connectivity index (χ4n) is 2.60. The van der Waals surface area contributed by atoms with E-state index in [0.717, 1.165) is 28.7 Å². The highest BCUT2D eigenvalue weighted by Gasteiger charge is 2.27. The van der Waals surface area contributed by atoms with Crippen molar-refractivity contribution in [1.29, 1.82) is 5.26 Å². The molecule has 1 aliphatic rings. The number of fused-ring (bicyclic) bond motifs is 1. The van der Waals surface area contributed by atoms with Crippen molar-refractivity contribution in [1.82, 2.24) is 9.55 Å².